The van der Waals surface area contributed by atoms with E-state index in [1.807, 2.05) is 50.2 Å². The molecule has 3 rings (SSSR count). The van der Waals surface area contributed by atoms with E-state index < -0.39 is 0 Å². The number of amides is 1. The largest absolute Gasteiger partial charge is 0.497 e. The quantitative estimate of drug-likeness (QED) is 0.729. The van der Waals surface area contributed by atoms with E-state index in [-0.39, 0.29) is 24.1 Å². The van der Waals surface area contributed by atoms with Crippen LogP contribution in [0.3, 0.4) is 0 Å². The van der Waals surface area contributed by atoms with Crippen molar-refractivity contribution in [1.29, 1.82) is 0 Å². The summed E-state index contributed by atoms with van der Waals surface area (Å²) in [7, 11) is 1.62. The van der Waals surface area contributed by atoms with Crippen molar-refractivity contribution in [2.75, 3.05) is 7.11 Å². The Hall–Kier alpha value is -3.15. The van der Waals surface area contributed by atoms with Crippen molar-refractivity contribution in [1.82, 2.24) is 14.9 Å². The molecule has 0 fully saturated rings. The first-order valence-electron chi connectivity index (χ1n) is 8.91. The van der Waals surface area contributed by atoms with Crippen LogP contribution in [-0.4, -0.2) is 22.6 Å². The third-order valence-corrected chi connectivity index (χ3v) is 4.63. The zero-order valence-electron chi connectivity index (χ0n) is 15.7. The summed E-state index contributed by atoms with van der Waals surface area (Å²) in [6, 6.07) is 12.9. The highest BCUT2D eigenvalue weighted by Gasteiger charge is 2.15. The fourth-order valence-corrected chi connectivity index (χ4v) is 3.10. The number of fused-ring (bicyclic) bond motifs is 1. The molecule has 1 N–H and O–H groups in total. The van der Waals surface area contributed by atoms with Gasteiger partial charge in [0.05, 0.1) is 30.4 Å². The van der Waals surface area contributed by atoms with E-state index in [9.17, 15) is 9.59 Å². The molecule has 0 aliphatic heterocycles. The number of aromatic nitrogens is 2. The van der Waals surface area contributed by atoms with Crippen molar-refractivity contribution in [3.05, 3.63) is 70.3 Å². The third kappa shape index (κ3) is 4.00. The van der Waals surface area contributed by atoms with Gasteiger partial charge >= 0.3 is 0 Å². The Labute approximate surface area is 157 Å². The first-order chi connectivity index (χ1) is 13.0. The van der Waals surface area contributed by atoms with Gasteiger partial charge in [-0.25, -0.2) is 4.98 Å². The minimum Gasteiger partial charge on any atom is -0.497 e. The molecule has 6 heteroatoms. The molecule has 6 nitrogen and oxygen atoms in total. The molecule has 140 valence electrons. The lowest BCUT2D eigenvalue weighted by atomic mass is 10.0. The molecule has 0 aliphatic rings. The summed E-state index contributed by atoms with van der Waals surface area (Å²) < 4.78 is 6.51. The number of rotatable bonds is 6. The number of carbonyl (C=O) groups is 1. The van der Waals surface area contributed by atoms with Gasteiger partial charge in [0, 0.05) is 0 Å². The van der Waals surface area contributed by atoms with Gasteiger partial charge in [-0.3, -0.25) is 14.2 Å². The number of para-hydroxylation sites is 1. The predicted molar refractivity (Wildman–Crippen MR) is 105 cm³/mol. The normalized spacial score (nSPS) is 12.0. The average Bonchev–Trinajstić information content (AvgIpc) is 2.69. The molecule has 1 unspecified atom stereocenters. The first kappa shape index (κ1) is 18.6. The lowest BCUT2D eigenvalue weighted by Crippen LogP contribution is -2.34. The number of nitrogens with one attached hydrogen (secondary N) is 1. The maximum Gasteiger partial charge on any atom is 0.261 e. The van der Waals surface area contributed by atoms with Crippen molar-refractivity contribution in [3.63, 3.8) is 0 Å². The Morgan fingerprint density at radius 2 is 1.96 bits per heavy atom. The van der Waals surface area contributed by atoms with Gasteiger partial charge in [0.1, 0.15) is 12.3 Å². The number of benzene rings is 2. The smallest absolute Gasteiger partial charge is 0.261 e. The molecule has 1 heterocycles. The van der Waals surface area contributed by atoms with E-state index in [4.69, 9.17) is 4.74 Å². The molecule has 0 spiro atoms. The van der Waals surface area contributed by atoms with E-state index >= 15 is 0 Å². The van der Waals surface area contributed by atoms with E-state index in [1.165, 1.54) is 10.9 Å². The highest BCUT2D eigenvalue weighted by molar-refractivity contribution is 5.81. The van der Waals surface area contributed by atoms with Gasteiger partial charge < -0.3 is 10.1 Å². The highest BCUT2D eigenvalue weighted by Crippen LogP contribution is 2.20. The number of ether oxygens (including phenoxy) is 1. The van der Waals surface area contributed by atoms with Crippen LogP contribution in [0.2, 0.25) is 0 Å². The monoisotopic (exact) mass is 365 g/mol. The maximum atomic E-state index is 12.6. The molecule has 1 atom stereocenters. The molecule has 0 saturated carbocycles. The molecule has 0 saturated heterocycles. The van der Waals surface area contributed by atoms with Gasteiger partial charge in [-0.05, 0) is 42.7 Å². The Kier molecular flexibility index (Phi) is 5.54. The summed E-state index contributed by atoms with van der Waals surface area (Å²) in [6.07, 6.45) is 2.17. The summed E-state index contributed by atoms with van der Waals surface area (Å²) in [6.45, 7) is 3.84. The minimum atomic E-state index is -0.228. The van der Waals surface area contributed by atoms with Crippen molar-refractivity contribution >= 4 is 16.8 Å². The average molecular weight is 365 g/mol. The van der Waals surface area contributed by atoms with Crippen LogP contribution >= 0.6 is 0 Å². The summed E-state index contributed by atoms with van der Waals surface area (Å²) in [5, 5.41) is 3.51. The zero-order chi connectivity index (χ0) is 19.4. The van der Waals surface area contributed by atoms with Crippen LogP contribution in [0, 0.1) is 6.92 Å². The SMILES string of the molecule is CCC(NC(=O)Cn1cnc2c(C)cccc2c1=O)c1ccc(OC)cc1. The van der Waals surface area contributed by atoms with Crippen LogP contribution in [-0.2, 0) is 11.3 Å². The number of hydrogen-bond acceptors (Lipinski definition) is 4. The fourth-order valence-electron chi connectivity index (χ4n) is 3.10. The lowest BCUT2D eigenvalue weighted by Gasteiger charge is -2.18. The molecule has 27 heavy (non-hydrogen) atoms. The van der Waals surface area contributed by atoms with E-state index in [2.05, 4.69) is 10.3 Å². The minimum absolute atomic E-state index is 0.0671. The van der Waals surface area contributed by atoms with Crippen LogP contribution < -0.4 is 15.6 Å². The third-order valence-electron chi connectivity index (χ3n) is 4.63. The van der Waals surface area contributed by atoms with Gasteiger partial charge in [-0.15, -0.1) is 0 Å². The van der Waals surface area contributed by atoms with E-state index in [0.717, 1.165) is 23.3 Å². The molecule has 0 aliphatic carbocycles. The molecule has 3 aromatic rings. The summed E-state index contributed by atoms with van der Waals surface area (Å²) >= 11 is 0. The summed E-state index contributed by atoms with van der Waals surface area (Å²) in [5.74, 6) is 0.539. The second-order valence-electron chi connectivity index (χ2n) is 6.45. The summed E-state index contributed by atoms with van der Waals surface area (Å²) in [4.78, 5) is 29.5. The molecule has 1 amide bonds. The molecular formula is C21H23N3O3. The molecule has 2 aromatic carbocycles. The Bertz CT molecular complexity index is 1010. The number of carbonyl (C=O) groups excluding carboxylic acids is 1. The maximum absolute atomic E-state index is 12.6. The second-order valence-corrected chi connectivity index (χ2v) is 6.45. The number of aryl methyl sites for hydroxylation is 1. The molecule has 0 radical (unpaired) electrons. The fraction of sp³-hybridized carbons (Fsp3) is 0.286. The van der Waals surface area contributed by atoms with Crippen molar-refractivity contribution in [2.45, 2.75) is 32.9 Å². The number of methoxy groups -OCH3 is 1. The van der Waals surface area contributed by atoms with Crippen LogP contribution in [0.4, 0.5) is 0 Å². The van der Waals surface area contributed by atoms with Crippen LogP contribution in [0.25, 0.3) is 10.9 Å². The highest BCUT2D eigenvalue weighted by atomic mass is 16.5. The van der Waals surface area contributed by atoms with Crippen LogP contribution in [0.15, 0.2) is 53.6 Å². The Morgan fingerprint density at radius 3 is 2.63 bits per heavy atom. The van der Waals surface area contributed by atoms with Crippen molar-refractivity contribution in [2.24, 2.45) is 0 Å². The van der Waals surface area contributed by atoms with Gasteiger partial charge in [0.25, 0.3) is 5.56 Å². The zero-order valence-corrected chi connectivity index (χ0v) is 15.7. The standard InChI is InChI=1S/C21H23N3O3/c1-4-18(15-8-10-16(27-3)11-9-15)23-19(25)12-24-13-22-20-14(2)6-5-7-17(20)21(24)26/h5-11,13,18H,4,12H2,1-3H3,(H,23,25). The van der Waals surface area contributed by atoms with Crippen molar-refractivity contribution in [3.8, 4) is 5.75 Å². The Balaban J connectivity index is 1.77. The van der Waals surface area contributed by atoms with Gasteiger partial charge in [-0.1, -0.05) is 31.2 Å². The second kappa shape index (κ2) is 8.03. The van der Waals surface area contributed by atoms with Gasteiger partial charge in [0.15, 0.2) is 0 Å². The topological polar surface area (TPSA) is 73.2 Å². The molecule has 1 aromatic heterocycles. The Morgan fingerprint density at radius 1 is 1.22 bits per heavy atom. The summed E-state index contributed by atoms with van der Waals surface area (Å²) in [5.41, 5.74) is 2.39. The van der Waals surface area contributed by atoms with Crippen LogP contribution in [0.5, 0.6) is 5.75 Å². The first-order valence-corrected chi connectivity index (χ1v) is 8.91. The van der Waals surface area contributed by atoms with Gasteiger partial charge in [0.2, 0.25) is 5.91 Å². The van der Waals surface area contributed by atoms with E-state index in [0.29, 0.717) is 10.9 Å². The van der Waals surface area contributed by atoms with E-state index in [1.54, 1.807) is 13.2 Å². The van der Waals surface area contributed by atoms with Gasteiger partial charge in [-0.2, -0.15) is 0 Å². The lowest BCUT2D eigenvalue weighted by molar-refractivity contribution is -0.122. The molecular weight excluding hydrogens is 342 g/mol. The predicted octanol–water partition coefficient (Wildman–Crippen LogP) is 2.98. The molecule has 0 bridgehead atoms. The van der Waals surface area contributed by atoms with Crippen molar-refractivity contribution < 1.29 is 9.53 Å². The van der Waals surface area contributed by atoms with Crippen LogP contribution in [0.1, 0.15) is 30.5 Å². The number of nitrogens with zero attached hydrogens (tertiary/aromatic N) is 2. The number of hydrogen-bond donors (Lipinski definition) is 1.